The summed E-state index contributed by atoms with van der Waals surface area (Å²) >= 11 is 0. The number of aliphatic hydroxyl groups excluding tert-OH is 1. The molecule has 1 fully saturated rings. The minimum atomic E-state index is -0.794. The molecule has 3 aliphatic rings. The van der Waals surface area contributed by atoms with E-state index in [-0.39, 0.29) is 60.7 Å². The molecule has 0 saturated carbocycles. The third-order valence-electron chi connectivity index (χ3n) is 7.46. The summed E-state index contributed by atoms with van der Waals surface area (Å²) in [6.07, 6.45) is 8.75. The van der Waals surface area contributed by atoms with Crippen molar-refractivity contribution in [1.82, 2.24) is 0 Å². The first-order valence-corrected chi connectivity index (χ1v) is 12.2. The molecule has 0 aromatic carbocycles. The lowest BCUT2D eigenvalue weighted by Crippen LogP contribution is -2.43. The number of allylic oxidation sites excluding steroid dienone is 3. The van der Waals surface area contributed by atoms with Gasteiger partial charge in [-0.25, -0.2) is 0 Å². The predicted molar refractivity (Wildman–Crippen MR) is 124 cm³/mol. The maximum atomic E-state index is 13.1. The summed E-state index contributed by atoms with van der Waals surface area (Å²) in [7, 11) is 0. The van der Waals surface area contributed by atoms with Gasteiger partial charge in [-0.3, -0.25) is 14.4 Å². The monoisotopic (exact) mass is 461 g/mol. The van der Waals surface area contributed by atoms with Gasteiger partial charge in [0.25, 0.3) is 0 Å². The number of hydrogen-bond donors (Lipinski definition) is 2. The molecule has 0 radical (unpaired) electrons. The van der Waals surface area contributed by atoms with Gasteiger partial charge in [-0.05, 0) is 62.9 Å². The molecule has 0 aromatic heterocycles. The van der Waals surface area contributed by atoms with Gasteiger partial charge in [0.2, 0.25) is 5.91 Å². The molecule has 7 nitrogen and oxygen atoms in total. The Bertz CT molecular complexity index is 816. The number of hydrogen-bond acceptors (Lipinski definition) is 6. The van der Waals surface area contributed by atoms with Crippen molar-refractivity contribution in [3.05, 3.63) is 23.8 Å². The number of esters is 2. The largest absolute Gasteiger partial charge is 0.462 e. The predicted octanol–water partition coefficient (Wildman–Crippen LogP) is 3.44. The van der Waals surface area contributed by atoms with Crippen molar-refractivity contribution in [1.29, 1.82) is 0 Å². The maximum absolute atomic E-state index is 13.1. The van der Waals surface area contributed by atoms with Crippen LogP contribution in [0, 0.1) is 29.1 Å². The van der Waals surface area contributed by atoms with Gasteiger partial charge in [0.15, 0.2) is 0 Å². The number of aliphatic hydroxyl groups is 1. The molecule has 7 atom stereocenters. The van der Waals surface area contributed by atoms with E-state index in [1.807, 2.05) is 0 Å². The summed E-state index contributed by atoms with van der Waals surface area (Å²) in [5, 5.41) is 9.94. The van der Waals surface area contributed by atoms with Gasteiger partial charge in [0.05, 0.1) is 17.9 Å². The van der Waals surface area contributed by atoms with Crippen molar-refractivity contribution in [3.8, 4) is 0 Å². The molecule has 0 aromatic rings. The molecule has 1 heterocycles. The highest BCUT2D eigenvalue weighted by atomic mass is 16.6. The van der Waals surface area contributed by atoms with E-state index in [9.17, 15) is 19.5 Å². The molecule has 0 unspecified atom stereocenters. The Morgan fingerprint density at radius 2 is 1.97 bits per heavy atom. The van der Waals surface area contributed by atoms with Crippen LogP contribution in [0.3, 0.4) is 0 Å². The molecule has 33 heavy (non-hydrogen) atoms. The van der Waals surface area contributed by atoms with Crippen LogP contribution in [-0.4, -0.2) is 41.3 Å². The quantitative estimate of drug-likeness (QED) is 0.535. The molecule has 3 rings (SSSR count). The van der Waals surface area contributed by atoms with Crippen LogP contribution in [0.4, 0.5) is 0 Å². The zero-order valence-corrected chi connectivity index (χ0v) is 20.3. The number of amides is 1. The molecule has 3 N–H and O–H groups in total. The van der Waals surface area contributed by atoms with E-state index in [1.165, 1.54) is 5.57 Å². The fourth-order valence-electron chi connectivity index (χ4n) is 5.47. The van der Waals surface area contributed by atoms with Gasteiger partial charge in [-0.15, -0.1) is 0 Å². The lowest BCUT2D eigenvalue weighted by Gasteiger charge is -2.44. The normalized spacial score (nSPS) is 34.2. The summed E-state index contributed by atoms with van der Waals surface area (Å²) < 4.78 is 11.6. The minimum absolute atomic E-state index is 0.0655. The zero-order chi connectivity index (χ0) is 24.3. The van der Waals surface area contributed by atoms with Crippen molar-refractivity contribution in [3.63, 3.8) is 0 Å². The highest BCUT2D eigenvalue weighted by Crippen LogP contribution is 2.45. The van der Waals surface area contributed by atoms with Gasteiger partial charge < -0.3 is 20.3 Å². The van der Waals surface area contributed by atoms with Crippen LogP contribution >= 0.6 is 0 Å². The Kier molecular flexibility index (Phi) is 8.04. The highest BCUT2D eigenvalue weighted by molar-refractivity contribution is 5.78. The van der Waals surface area contributed by atoms with Crippen LogP contribution in [0.15, 0.2) is 23.8 Å². The van der Waals surface area contributed by atoms with Crippen molar-refractivity contribution in [2.75, 3.05) is 0 Å². The average Bonchev–Trinajstić information content (AvgIpc) is 2.71. The minimum Gasteiger partial charge on any atom is -0.462 e. The molecule has 1 saturated heterocycles. The van der Waals surface area contributed by atoms with E-state index >= 15 is 0 Å². The van der Waals surface area contributed by atoms with Crippen LogP contribution in [-0.2, 0) is 23.9 Å². The van der Waals surface area contributed by atoms with Crippen LogP contribution < -0.4 is 5.73 Å². The van der Waals surface area contributed by atoms with Crippen molar-refractivity contribution < 1.29 is 29.0 Å². The number of carbonyl (C=O) groups excluding carboxylic acids is 3. The number of cyclic esters (lactones) is 1. The van der Waals surface area contributed by atoms with Crippen LogP contribution in [0.25, 0.3) is 0 Å². The van der Waals surface area contributed by atoms with E-state index in [0.29, 0.717) is 19.3 Å². The van der Waals surface area contributed by atoms with E-state index in [2.05, 4.69) is 32.1 Å². The SMILES string of the molecule is C[C@H]1C=C2C=C[C@H](C)[C@H](CC[C@@H]3C[C@@H](O)CC(=O)O3)[C@H]2[C@@H](OC(=O)C(C)(C)CCC(N)=O)C1. The average molecular weight is 462 g/mol. The zero-order valence-electron chi connectivity index (χ0n) is 20.3. The van der Waals surface area contributed by atoms with Gasteiger partial charge >= 0.3 is 11.9 Å². The Balaban J connectivity index is 1.74. The summed E-state index contributed by atoms with van der Waals surface area (Å²) in [5.41, 5.74) is 5.69. The first kappa shape index (κ1) is 25.5. The first-order chi connectivity index (χ1) is 15.5. The van der Waals surface area contributed by atoms with Gasteiger partial charge in [0.1, 0.15) is 12.2 Å². The second-order valence-corrected chi connectivity index (χ2v) is 10.9. The molecular formula is C26H39NO6. The Hall–Kier alpha value is -2.15. The fourth-order valence-corrected chi connectivity index (χ4v) is 5.47. The number of rotatable bonds is 8. The van der Waals surface area contributed by atoms with E-state index in [4.69, 9.17) is 15.2 Å². The van der Waals surface area contributed by atoms with Gasteiger partial charge in [-0.2, -0.15) is 0 Å². The van der Waals surface area contributed by atoms with Crippen LogP contribution in [0.1, 0.15) is 72.6 Å². The van der Waals surface area contributed by atoms with Crippen LogP contribution in [0.2, 0.25) is 0 Å². The van der Waals surface area contributed by atoms with Crippen molar-refractivity contribution in [2.45, 2.75) is 91.0 Å². The smallest absolute Gasteiger partial charge is 0.311 e. The Morgan fingerprint density at radius 1 is 1.24 bits per heavy atom. The molecule has 0 bridgehead atoms. The fraction of sp³-hybridized carbons (Fsp3) is 0.731. The first-order valence-electron chi connectivity index (χ1n) is 12.2. The van der Waals surface area contributed by atoms with Crippen molar-refractivity contribution >= 4 is 17.8 Å². The van der Waals surface area contributed by atoms with Gasteiger partial charge in [-0.1, -0.05) is 32.1 Å². The molecule has 7 heteroatoms. The number of fused-ring (bicyclic) bond motifs is 1. The van der Waals surface area contributed by atoms with Gasteiger partial charge in [0, 0.05) is 18.8 Å². The van der Waals surface area contributed by atoms with E-state index < -0.39 is 17.4 Å². The molecule has 184 valence electrons. The molecule has 1 aliphatic heterocycles. The number of carbonyl (C=O) groups is 3. The lowest BCUT2D eigenvalue weighted by molar-refractivity contribution is -0.166. The summed E-state index contributed by atoms with van der Waals surface area (Å²) in [5.74, 6) is -0.184. The topological polar surface area (TPSA) is 116 Å². The number of ether oxygens (including phenoxy) is 2. The number of primary amides is 1. The maximum Gasteiger partial charge on any atom is 0.311 e. The second-order valence-electron chi connectivity index (χ2n) is 10.9. The molecule has 1 amide bonds. The Morgan fingerprint density at radius 3 is 2.64 bits per heavy atom. The molecule has 2 aliphatic carbocycles. The second kappa shape index (κ2) is 10.4. The summed E-state index contributed by atoms with van der Waals surface area (Å²) in [6.45, 7) is 7.90. The van der Waals surface area contributed by atoms with E-state index in [0.717, 1.165) is 12.8 Å². The van der Waals surface area contributed by atoms with Crippen LogP contribution in [0.5, 0.6) is 0 Å². The summed E-state index contributed by atoms with van der Waals surface area (Å²) in [4.78, 5) is 36.1. The highest BCUT2D eigenvalue weighted by Gasteiger charge is 2.43. The lowest BCUT2D eigenvalue weighted by atomic mass is 9.65. The van der Waals surface area contributed by atoms with Crippen molar-refractivity contribution in [2.24, 2.45) is 34.8 Å². The number of nitrogens with two attached hydrogens (primary N) is 1. The molecule has 0 spiro atoms. The summed E-state index contributed by atoms with van der Waals surface area (Å²) in [6, 6.07) is 0. The Labute approximate surface area is 196 Å². The third-order valence-corrected chi connectivity index (χ3v) is 7.46. The standard InChI is InChI=1S/C26H39NO6/c1-15-11-17-6-5-16(2)20(8-7-19-13-18(28)14-23(30)32-19)24(17)21(12-15)33-25(31)26(3,4)10-9-22(27)29/h5-6,11,15-16,18-21,24,28H,7-10,12-14H2,1-4H3,(H2,27,29)/t15-,16-,18+,19+,20-,21-,24-/m0/s1. The molecular weight excluding hydrogens is 422 g/mol. The third kappa shape index (κ3) is 6.46. The van der Waals surface area contributed by atoms with E-state index in [1.54, 1.807) is 13.8 Å².